The second-order valence-corrected chi connectivity index (χ2v) is 5.16. The zero-order valence-electron chi connectivity index (χ0n) is 10.2. The molecule has 1 rings (SSSR count). The second-order valence-electron chi connectivity index (χ2n) is 4.01. The molecule has 1 heterocycles. The van der Waals surface area contributed by atoms with Gasteiger partial charge < -0.3 is 10.6 Å². The van der Waals surface area contributed by atoms with Gasteiger partial charge in [0.15, 0.2) is 0 Å². The summed E-state index contributed by atoms with van der Waals surface area (Å²) in [6, 6.07) is -0.0329. The van der Waals surface area contributed by atoms with Crippen LogP contribution in [-0.2, 0) is 6.42 Å². The maximum absolute atomic E-state index is 11.5. The van der Waals surface area contributed by atoms with Crippen LogP contribution in [0.15, 0.2) is 6.20 Å². The highest BCUT2D eigenvalue weighted by Gasteiger charge is 2.13. The molecule has 0 aliphatic carbocycles. The number of nitrogens with zero attached hydrogens (tertiary/aromatic N) is 1. The molecule has 0 aliphatic rings. The number of thiazole rings is 1. The van der Waals surface area contributed by atoms with E-state index in [9.17, 15) is 4.79 Å². The van der Waals surface area contributed by atoms with Crippen molar-refractivity contribution in [2.45, 2.75) is 46.2 Å². The van der Waals surface area contributed by atoms with Crippen molar-refractivity contribution in [3.8, 4) is 0 Å². The Morgan fingerprint density at radius 2 is 2.12 bits per heavy atom. The van der Waals surface area contributed by atoms with Gasteiger partial charge in [-0.3, -0.25) is 0 Å². The van der Waals surface area contributed by atoms with Crippen LogP contribution in [0.1, 0.15) is 43.6 Å². The number of rotatable bonds is 4. The van der Waals surface area contributed by atoms with Crippen molar-refractivity contribution in [3.05, 3.63) is 16.1 Å². The minimum Gasteiger partial charge on any atom is -0.336 e. The van der Waals surface area contributed by atoms with Gasteiger partial charge in [-0.15, -0.1) is 11.3 Å². The molecule has 0 saturated carbocycles. The van der Waals surface area contributed by atoms with E-state index < -0.39 is 0 Å². The number of hydrogen-bond donors (Lipinski definition) is 2. The Hall–Kier alpha value is -1.10. The molecule has 0 fully saturated rings. The van der Waals surface area contributed by atoms with Crippen LogP contribution in [0.25, 0.3) is 0 Å². The monoisotopic (exact) mass is 241 g/mol. The predicted octanol–water partition coefficient (Wildman–Crippen LogP) is 2.47. The standard InChI is InChI=1S/C11H19N3OS/c1-5-9-6-12-10(16-9)8(4)14-11(15)13-7(2)3/h6-8H,5H2,1-4H3,(H2,13,14,15). The number of urea groups is 1. The fourth-order valence-electron chi connectivity index (χ4n) is 1.25. The van der Waals surface area contributed by atoms with Crippen LogP contribution < -0.4 is 10.6 Å². The highest BCUT2D eigenvalue weighted by atomic mass is 32.1. The molecule has 2 N–H and O–H groups in total. The lowest BCUT2D eigenvalue weighted by Gasteiger charge is -2.14. The van der Waals surface area contributed by atoms with Crippen LogP contribution in [-0.4, -0.2) is 17.1 Å². The lowest BCUT2D eigenvalue weighted by molar-refractivity contribution is 0.235. The van der Waals surface area contributed by atoms with Crippen molar-refractivity contribution in [1.82, 2.24) is 15.6 Å². The maximum Gasteiger partial charge on any atom is 0.315 e. The fourth-order valence-corrected chi connectivity index (χ4v) is 2.11. The van der Waals surface area contributed by atoms with Crippen molar-refractivity contribution in [1.29, 1.82) is 0 Å². The van der Waals surface area contributed by atoms with Crippen molar-refractivity contribution in [2.75, 3.05) is 0 Å². The van der Waals surface area contributed by atoms with E-state index >= 15 is 0 Å². The molecule has 0 radical (unpaired) electrons. The van der Waals surface area contributed by atoms with E-state index in [0.717, 1.165) is 11.4 Å². The lowest BCUT2D eigenvalue weighted by atomic mass is 10.3. The zero-order valence-corrected chi connectivity index (χ0v) is 11.0. The number of carbonyl (C=O) groups excluding carboxylic acids is 1. The first-order chi connectivity index (χ1) is 7.52. The minimum atomic E-state index is -0.143. The van der Waals surface area contributed by atoms with Gasteiger partial charge in [0.05, 0.1) is 6.04 Å². The Bertz CT molecular complexity index is 349. The molecule has 0 aliphatic heterocycles. The van der Waals surface area contributed by atoms with Crippen molar-refractivity contribution in [3.63, 3.8) is 0 Å². The summed E-state index contributed by atoms with van der Waals surface area (Å²) < 4.78 is 0. The van der Waals surface area contributed by atoms with Gasteiger partial charge in [-0.05, 0) is 27.2 Å². The van der Waals surface area contributed by atoms with E-state index in [-0.39, 0.29) is 18.1 Å². The molecule has 0 aromatic carbocycles. The van der Waals surface area contributed by atoms with Gasteiger partial charge in [0, 0.05) is 17.1 Å². The maximum atomic E-state index is 11.5. The van der Waals surface area contributed by atoms with Gasteiger partial charge in [-0.1, -0.05) is 6.92 Å². The highest BCUT2D eigenvalue weighted by molar-refractivity contribution is 7.11. The fraction of sp³-hybridized carbons (Fsp3) is 0.636. The van der Waals surface area contributed by atoms with Gasteiger partial charge in [0.1, 0.15) is 5.01 Å². The van der Waals surface area contributed by atoms with Crippen LogP contribution in [0.5, 0.6) is 0 Å². The molecule has 1 atom stereocenters. The van der Waals surface area contributed by atoms with E-state index in [4.69, 9.17) is 0 Å². The molecule has 2 amide bonds. The topological polar surface area (TPSA) is 54.0 Å². The highest BCUT2D eigenvalue weighted by Crippen LogP contribution is 2.19. The molecular weight excluding hydrogens is 222 g/mol. The number of carbonyl (C=O) groups is 1. The normalized spacial score (nSPS) is 12.6. The zero-order chi connectivity index (χ0) is 12.1. The van der Waals surface area contributed by atoms with Gasteiger partial charge in [0.2, 0.25) is 0 Å². The molecule has 1 aromatic heterocycles. The summed E-state index contributed by atoms with van der Waals surface area (Å²) in [7, 11) is 0. The summed E-state index contributed by atoms with van der Waals surface area (Å²) in [5, 5.41) is 6.61. The lowest BCUT2D eigenvalue weighted by Crippen LogP contribution is -2.40. The van der Waals surface area contributed by atoms with Gasteiger partial charge in [-0.25, -0.2) is 9.78 Å². The van der Waals surface area contributed by atoms with Crippen LogP contribution in [0.4, 0.5) is 4.79 Å². The molecule has 0 spiro atoms. The van der Waals surface area contributed by atoms with Gasteiger partial charge in [-0.2, -0.15) is 0 Å². The summed E-state index contributed by atoms with van der Waals surface area (Å²) in [4.78, 5) is 17.0. The molecule has 0 saturated heterocycles. The summed E-state index contributed by atoms with van der Waals surface area (Å²) in [6.45, 7) is 7.91. The first kappa shape index (κ1) is 13.0. The van der Waals surface area contributed by atoms with E-state index in [1.54, 1.807) is 11.3 Å². The first-order valence-electron chi connectivity index (χ1n) is 5.54. The molecule has 5 heteroatoms. The number of aryl methyl sites for hydroxylation is 1. The third kappa shape index (κ3) is 3.81. The molecule has 16 heavy (non-hydrogen) atoms. The van der Waals surface area contributed by atoms with Gasteiger partial charge in [0.25, 0.3) is 0 Å². The van der Waals surface area contributed by atoms with E-state index in [2.05, 4.69) is 22.5 Å². The van der Waals surface area contributed by atoms with E-state index in [0.29, 0.717) is 0 Å². The van der Waals surface area contributed by atoms with Crippen LogP contribution in [0.2, 0.25) is 0 Å². The summed E-state index contributed by atoms with van der Waals surface area (Å²) in [5.41, 5.74) is 0. The number of hydrogen-bond acceptors (Lipinski definition) is 3. The van der Waals surface area contributed by atoms with Crippen LogP contribution in [0.3, 0.4) is 0 Å². The first-order valence-corrected chi connectivity index (χ1v) is 6.36. The van der Waals surface area contributed by atoms with Crippen molar-refractivity contribution in [2.24, 2.45) is 0 Å². The Kier molecular flexibility index (Phi) is 4.73. The minimum absolute atomic E-state index is 0.0379. The van der Waals surface area contributed by atoms with Crippen LogP contribution >= 0.6 is 11.3 Å². The Morgan fingerprint density at radius 3 is 2.62 bits per heavy atom. The predicted molar refractivity (Wildman–Crippen MR) is 66.7 cm³/mol. The summed E-state index contributed by atoms with van der Waals surface area (Å²) in [6.07, 6.45) is 2.86. The van der Waals surface area contributed by atoms with E-state index in [1.807, 2.05) is 27.0 Å². The smallest absolute Gasteiger partial charge is 0.315 e. The summed E-state index contributed by atoms with van der Waals surface area (Å²) in [5.74, 6) is 0. The number of aromatic nitrogens is 1. The average molecular weight is 241 g/mol. The molecule has 1 aromatic rings. The van der Waals surface area contributed by atoms with Crippen molar-refractivity contribution < 1.29 is 4.79 Å². The Morgan fingerprint density at radius 1 is 1.44 bits per heavy atom. The number of nitrogens with one attached hydrogen (secondary N) is 2. The average Bonchev–Trinajstić information content (AvgIpc) is 2.64. The SMILES string of the molecule is CCc1cnc(C(C)NC(=O)NC(C)C)s1. The molecule has 0 bridgehead atoms. The van der Waals surface area contributed by atoms with Gasteiger partial charge >= 0.3 is 6.03 Å². The molecule has 1 unspecified atom stereocenters. The molecular formula is C11H19N3OS. The summed E-state index contributed by atoms with van der Waals surface area (Å²) >= 11 is 1.65. The van der Waals surface area contributed by atoms with Crippen molar-refractivity contribution >= 4 is 17.4 Å². The Labute approximate surface area is 100 Å². The quantitative estimate of drug-likeness (QED) is 0.851. The van der Waals surface area contributed by atoms with Crippen LogP contribution in [0, 0.1) is 0 Å². The number of amides is 2. The largest absolute Gasteiger partial charge is 0.336 e. The third-order valence-corrected chi connectivity index (χ3v) is 3.38. The second kappa shape index (κ2) is 5.84. The molecule has 90 valence electrons. The molecule has 4 nitrogen and oxygen atoms in total. The Balaban J connectivity index is 2.51. The van der Waals surface area contributed by atoms with E-state index in [1.165, 1.54) is 4.88 Å². The third-order valence-electron chi connectivity index (χ3n) is 2.06.